The van der Waals surface area contributed by atoms with Crippen LogP contribution in [0.15, 0.2) is 24.3 Å². The number of benzene rings is 1. The molecule has 0 aliphatic carbocycles. The van der Waals surface area contributed by atoms with Crippen molar-refractivity contribution in [2.45, 2.75) is 13.3 Å². The fourth-order valence-corrected chi connectivity index (χ4v) is 1.43. The second-order valence-electron chi connectivity index (χ2n) is 3.51. The average Bonchev–Trinajstić information content (AvgIpc) is 2.30. The molecular formula is C13H14O4. The van der Waals surface area contributed by atoms with Gasteiger partial charge in [-0.15, -0.1) is 0 Å². The summed E-state index contributed by atoms with van der Waals surface area (Å²) >= 11 is 0. The highest BCUT2D eigenvalue weighted by Gasteiger charge is 2.08. The van der Waals surface area contributed by atoms with Gasteiger partial charge in [-0.25, -0.2) is 4.79 Å². The molecule has 1 aromatic carbocycles. The van der Waals surface area contributed by atoms with Crippen molar-refractivity contribution < 1.29 is 19.4 Å². The van der Waals surface area contributed by atoms with Crippen LogP contribution in [0.4, 0.5) is 0 Å². The second-order valence-corrected chi connectivity index (χ2v) is 3.51. The summed E-state index contributed by atoms with van der Waals surface area (Å²) in [4.78, 5) is 21.8. The predicted octanol–water partition coefficient (Wildman–Crippen LogP) is 2.27. The summed E-state index contributed by atoms with van der Waals surface area (Å²) in [6.07, 6.45) is 3.55. The van der Waals surface area contributed by atoms with Crippen LogP contribution in [0.5, 0.6) is 0 Å². The van der Waals surface area contributed by atoms with E-state index in [4.69, 9.17) is 5.11 Å². The normalized spacial score (nSPS) is 10.5. The van der Waals surface area contributed by atoms with Crippen molar-refractivity contribution >= 4 is 18.0 Å². The molecule has 90 valence electrons. The van der Waals surface area contributed by atoms with E-state index in [-0.39, 0.29) is 18.0 Å². The molecule has 0 heterocycles. The van der Waals surface area contributed by atoms with E-state index in [0.29, 0.717) is 5.56 Å². The summed E-state index contributed by atoms with van der Waals surface area (Å²) in [5, 5.41) is 8.94. The van der Waals surface area contributed by atoms with Gasteiger partial charge in [-0.1, -0.05) is 24.3 Å². The number of rotatable bonds is 4. The molecule has 0 aromatic heterocycles. The average molecular weight is 234 g/mol. The first kappa shape index (κ1) is 13.0. The molecule has 1 aromatic rings. The van der Waals surface area contributed by atoms with Gasteiger partial charge in [0.15, 0.2) is 0 Å². The zero-order chi connectivity index (χ0) is 12.8. The monoisotopic (exact) mass is 234 g/mol. The number of hydrogen-bond acceptors (Lipinski definition) is 3. The molecule has 1 N–H and O–H groups in total. The maximum Gasteiger partial charge on any atom is 0.335 e. The number of hydrogen-bond donors (Lipinski definition) is 1. The van der Waals surface area contributed by atoms with E-state index < -0.39 is 5.97 Å². The zero-order valence-electron chi connectivity index (χ0n) is 9.77. The first-order valence-electron chi connectivity index (χ1n) is 5.12. The quantitative estimate of drug-likeness (QED) is 0.812. The Bertz CT molecular complexity index is 460. The lowest BCUT2D eigenvalue weighted by molar-refractivity contribution is -0.139. The Balaban J connectivity index is 2.89. The van der Waals surface area contributed by atoms with Gasteiger partial charge in [-0.2, -0.15) is 0 Å². The topological polar surface area (TPSA) is 63.6 Å². The third kappa shape index (κ3) is 3.45. The van der Waals surface area contributed by atoms with Gasteiger partial charge in [0.2, 0.25) is 0 Å². The number of carbonyl (C=O) groups excluding carboxylic acids is 1. The zero-order valence-corrected chi connectivity index (χ0v) is 9.77. The smallest absolute Gasteiger partial charge is 0.335 e. The lowest BCUT2D eigenvalue weighted by atomic mass is 10.0. The third-order valence-electron chi connectivity index (χ3n) is 2.42. The van der Waals surface area contributed by atoms with E-state index in [2.05, 4.69) is 4.74 Å². The van der Waals surface area contributed by atoms with E-state index in [1.165, 1.54) is 7.11 Å². The highest BCUT2D eigenvalue weighted by atomic mass is 16.5. The standard InChI is InChI=1S/C13H14O4/c1-9-10(6-4-8-12(14)17-2)5-3-7-11(9)13(15)16/h3-7H,8H2,1-2H3,(H,15,16). The first-order chi connectivity index (χ1) is 8.06. The van der Waals surface area contributed by atoms with Gasteiger partial charge in [0.1, 0.15) is 0 Å². The molecule has 17 heavy (non-hydrogen) atoms. The van der Waals surface area contributed by atoms with Crippen LogP contribution < -0.4 is 0 Å². The molecule has 0 aliphatic heterocycles. The minimum Gasteiger partial charge on any atom is -0.478 e. The Labute approximate surface area is 99.5 Å². The number of carbonyl (C=O) groups is 2. The molecule has 0 unspecified atom stereocenters. The molecule has 0 bridgehead atoms. The molecule has 0 fully saturated rings. The van der Waals surface area contributed by atoms with Crippen LogP contribution >= 0.6 is 0 Å². The molecule has 0 radical (unpaired) electrons. The SMILES string of the molecule is COC(=O)CC=Cc1cccc(C(=O)O)c1C. The largest absolute Gasteiger partial charge is 0.478 e. The Kier molecular flexibility index (Phi) is 4.46. The van der Waals surface area contributed by atoms with Crippen LogP contribution in [0.25, 0.3) is 6.08 Å². The molecule has 0 saturated carbocycles. The second kappa shape index (κ2) is 5.84. The highest BCUT2D eigenvalue weighted by Crippen LogP contribution is 2.15. The van der Waals surface area contributed by atoms with Crippen LogP contribution in [0.1, 0.15) is 27.9 Å². The van der Waals surface area contributed by atoms with Crippen LogP contribution in [0.3, 0.4) is 0 Å². The maximum absolute atomic E-state index is 10.9. The number of esters is 1. The fraction of sp³-hybridized carbons (Fsp3) is 0.231. The van der Waals surface area contributed by atoms with Gasteiger partial charge in [-0.3, -0.25) is 4.79 Å². The molecule has 0 saturated heterocycles. The van der Waals surface area contributed by atoms with Crippen LogP contribution in [-0.2, 0) is 9.53 Å². The minimum absolute atomic E-state index is 0.174. The summed E-state index contributed by atoms with van der Waals surface area (Å²) in [7, 11) is 1.33. The molecule has 1 rings (SSSR count). The van der Waals surface area contributed by atoms with Crippen molar-refractivity contribution in [2.75, 3.05) is 7.11 Å². The van der Waals surface area contributed by atoms with E-state index in [9.17, 15) is 9.59 Å². The number of carboxylic acid groups (broad SMARTS) is 1. The van der Waals surface area contributed by atoms with E-state index in [1.54, 1.807) is 37.3 Å². The molecular weight excluding hydrogens is 220 g/mol. The van der Waals surface area contributed by atoms with E-state index >= 15 is 0 Å². The number of aromatic carboxylic acids is 1. The van der Waals surface area contributed by atoms with Gasteiger partial charge in [0.25, 0.3) is 0 Å². The summed E-state index contributed by atoms with van der Waals surface area (Å²) in [6, 6.07) is 5.03. The maximum atomic E-state index is 10.9. The minimum atomic E-state index is -0.953. The summed E-state index contributed by atoms with van der Waals surface area (Å²) in [6.45, 7) is 1.74. The van der Waals surface area contributed by atoms with Crippen LogP contribution in [-0.4, -0.2) is 24.2 Å². The van der Waals surface area contributed by atoms with Gasteiger partial charge in [0.05, 0.1) is 19.1 Å². The van der Waals surface area contributed by atoms with Gasteiger partial charge < -0.3 is 9.84 Å². The van der Waals surface area contributed by atoms with Gasteiger partial charge >= 0.3 is 11.9 Å². The van der Waals surface area contributed by atoms with Crippen molar-refractivity contribution in [1.82, 2.24) is 0 Å². The Morgan fingerprint density at radius 2 is 2.12 bits per heavy atom. The Morgan fingerprint density at radius 1 is 1.41 bits per heavy atom. The highest BCUT2D eigenvalue weighted by molar-refractivity contribution is 5.90. The molecule has 0 amide bonds. The van der Waals surface area contributed by atoms with Gasteiger partial charge in [-0.05, 0) is 24.1 Å². The van der Waals surface area contributed by atoms with Crippen molar-refractivity contribution in [3.8, 4) is 0 Å². The van der Waals surface area contributed by atoms with Crippen molar-refractivity contribution in [2.24, 2.45) is 0 Å². The fourth-order valence-electron chi connectivity index (χ4n) is 1.43. The number of methoxy groups -OCH3 is 1. The number of ether oxygens (including phenoxy) is 1. The molecule has 4 heteroatoms. The Hall–Kier alpha value is -2.10. The predicted molar refractivity (Wildman–Crippen MR) is 63.8 cm³/mol. The van der Waals surface area contributed by atoms with Crippen molar-refractivity contribution in [1.29, 1.82) is 0 Å². The lowest BCUT2D eigenvalue weighted by Crippen LogP contribution is -2.00. The van der Waals surface area contributed by atoms with Crippen LogP contribution in [0.2, 0.25) is 0 Å². The van der Waals surface area contributed by atoms with Crippen molar-refractivity contribution in [3.63, 3.8) is 0 Å². The first-order valence-corrected chi connectivity index (χ1v) is 5.12. The molecule has 0 spiro atoms. The molecule has 0 aliphatic rings. The summed E-state index contributed by atoms with van der Waals surface area (Å²) in [5.41, 5.74) is 1.74. The molecule has 4 nitrogen and oxygen atoms in total. The van der Waals surface area contributed by atoms with Crippen LogP contribution in [0, 0.1) is 6.92 Å². The third-order valence-corrected chi connectivity index (χ3v) is 2.42. The number of carboxylic acids is 1. The van der Waals surface area contributed by atoms with E-state index in [0.717, 1.165) is 5.56 Å². The van der Waals surface area contributed by atoms with E-state index in [1.807, 2.05) is 0 Å². The summed E-state index contributed by atoms with van der Waals surface area (Å²) in [5.74, 6) is -1.28. The lowest BCUT2D eigenvalue weighted by Gasteiger charge is -2.04. The summed E-state index contributed by atoms with van der Waals surface area (Å²) < 4.78 is 4.50. The molecule has 0 atom stereocenters. The van der Waals surface area contributed by atoms with Gasteiger partial charge in [0, 0.05) is 0 Å². The Morgan fingerprint density at radius 3 is 2.71 bits per heavy atom. The van der Waals surface area contributed by atoms with Crippen molar-refractivity contribution in [3.05, 3.63) is 41.0 Å².